The predicted octanol–water partition coefficient (Wildman–Crippen LogP) is 5.53. The number of pyridine rings is 1. The topological polar surface area (TPSA) is 51.2 Å². The first-order valence-electron chi connectivity index (χ1n) is 7.92. The summed E-state index contributed by atoms with van der Waals surface area (Å²) in [5.74, 6) is 0.212. The molecule has 0 unspecified atom stereocenters. The molecule has 0 atom stereocenters. The molecule has 0 aliphatic heterocycles. The van der Waals surface area contributed by atoms with Gasteiger partial charge < -0.3 is 10.1 Å². The summed E-state index contributed by atoms with van der Waals surface area (Å²) in [6, 6.07) is 14.3. The van der Waals surface area contributed by atoms with Crippen LogP contribution in [-0.4, -0.2) is 10.9 Å². The van der Waals surface area contributed by atoms with E-state index in [1.165, 1.54) is 6.20 Å². The fourth-order valence-corrected chi connectivity index (χ4v) is 2.73. The maximum atomic E-state index is 12.7. The number of carbonyl (C=O) groups excluding carboxylic acids is 1. The molecule has 6 heteroatoms. The van der Waals surface area contributed by atoms with E-state index < -0.39 is 0 Å². The van der Waals surface area contributed by atoms with Crippen molar-refractivity contribution >= 4 is 34.8 Å². The van der Waals surface area contributed by atoms with Gasteiger partial charge in [0.05, 0.1) is 10.6 Å². The molecule has 1 amide bonds. The zero-order chi connectivity index (χ0) is 18.5. The Balaban J connectivity index is 1.78. The molecular formula is C20H16Cl2N2O2. The van der Waals surface area contributed by atoms with Gasteiger partial charge in [0.1, 0.15) is 12.4 Å². The summed E-state index contributed by atoms with van der Waals surface area (Å²) in [6.45, 7) is 2.10. The van der Waals surface area contributed by atoms with Gasteiger partial charge in [0, 0.05) is 34.7 Å². The normalized spacial score (nSPS) is 10.4. The lowest BCUT2D eigenvalue weighted by atomic mass is 10.1. The van der Waals surface area contributed by atoms with Gasteiger partial charge in [-0.2, -0.15) is 0 Å². The molecule has 4 nitrogen and oxygen atoms in total. The summed E-state index contributed by atoms with van der Waals surface area (Å²) in [5.41, 5.74) is 2.87. The van der Waals surface area contributed by atoms with Crippen LogP contribution in [0.3, 0.4) is 0 Å². The molecule has 0 fully saturated rings. The Morgan fingerprint density at radius 2 is 1.96 bits per heavy atom. The van der Waals surface area contributed by atoms with Crippen LogP contribution in [0.4, 0.5) is 5.69 Å². The summed E-state index contributed by atoms with van der Waals surface area (Å²) in [5, 5.41) is 3.88. The maximum absolute atomic E-state index is 12.7. The molecule has 132 valence electrons. The molecule has 2 aromatic carbocycles. The minimum Gasteiger partial charge on any atom is -0.487 e. The maximum Gasteiger partial charge on any atom is 0.257 e. The van der Waals surface area contributed by atoms with Crippen molar-refractivity contribution in [3.8, 4) is 5.75 Å². The second kappa shape index (κ2) is 8.21. The number of para-hydroxylation sites is 1. The van der Waals surface area contributed by atoms with Crippen molar-refractivity contribution in [2.75, 3.05) is 5.32 Å². The standard InChI is InChI=1S/C20H16Cl2N2O2/c1-13-4-2-3-5-18(13)24-20(25)16-11-23-9-8-14(16)12-26-19-10-15(21)6-7-17(19)22/h2-11H,12H2,1H3,(H,24,25). The van der Waals surface area contributed by atoms with E-state index in [4.69, 9.17) is 27.9 Å². The van der Waals surface area contributed by atoms with Gasteiger partial charge in [-0.3, -0.25) is 9.78 Å². The third kappa shape index (κ3) is 4.34. The first kappa shape index (κ1) is 18.2. The summed E-state index contributed by atoms with van der Waals surface area (Å²) in [4.78, 5) is 16.7. The van der Waals surface area contributed by atoms with Crippen molar-refractivity contribution in [1.82, 2.24) is 4.98 Å². The Labute approximate surface area is 161 Å². The van der Waals surface area contributed by atoms with E-state index >= 15 is 0 Å². The van der Waals surface area contributed by atoms with Crippen molar-refractivity contribution in [3.63, 3.8) is 0 Å². The van der Waals surface area contributed by atoms with Crippen LogP contribution in [-0.2, 0) is 6.61 Å². The first-order valence-corrected chi connectivity index (χ1v) is 8.68. The molecule has 0 spiro atoms. The van der Waals surface area contributed by atoms with Crippen LogP contribution in [0.25, 0.3) is 0 Å². The van der Waals surface area contributed by atoms with Gasteiger partial charge in [0.2, 0.25) is 0 Å². The number of hydrogen-bond acceptors (Lipinski definition) is 3. The molecule has 26 heavy (non-hydrogen) atoms. The van der Waals surface area contributed by atoms with Crippen molar-refractivity contribution in [2.45, 2.75) is 13.5 Å². The van der Waals surface area contributed by atoms with E-state index in [0.29, 0.717) is 26.9 Å². The van der Waals surface area contributed by atoms with Crippen molar-refractivity contribution < 1.29 is 9.53 Å². The lowest BCUT2D eigenvalue weighted by molar-refractivity contribution is 0.102. The fourth-order valence-electron chi connectivity index (χ4n) is 2.40. The second-order valence-electron chi connectivity index (χ2n) is 5.67. The molecule has 0 saturated carbocycles. The number of rotatable bonds is 5. The number of nitrogens with zero attached hydrogens (tertiary/aromatic N) is 1. The van der Waals surface area contributed by atoms with Crippen molar-refractivity contribution in [2.24, 2.45) is 0 Å². The number of aromatic nitrogens is 1. The minimum atomic E-state index is -0.247. The number of nitrogens with one attached hydrogen (secondary N) is 1. The molecule has 0 bridgehead atoms. The van der Waals surface area contributed by atoms with E-state index in [0.717, 1.165) is 11.3 Å². The van der Waals surface area contributed by atoms with Gasteiger partial charge in [-0.15, -0.1) is 0 Å². The summed E-state index contributed by atoms with van der Waals surface area (Å²) in [7, 11) is 0. The largest absolute Gasteiger partial charge is 0.487 e. The quantitative estimate of drug-likeness (QED) is 0.627. The van der Waals surface area contributed by atoms with Gasteiger partial charge in [-0.1, -0.05) is 41.4 Å². The van der Waals surface area contributed by atoms with E-state index in [2.05, 4.69) is 10.3 Å². The highest BCUT2D eigenvalue weighted by molar-refractivity contribution is 6.34. The van der Waals surface area contributed by atoms with Gasteiger partial charge >= 0.3 is 0 Å². The second-order valence-corrected chi connectivity index (χ2v) is 6.51. The molecule has 0 aliphatic carbocycles. The summed E-state index contributed by atoms with van der Waals surface area (Å²) < 4.78 is 5.74. The van der Waals surface area contributed by atoms with Gasteiger partial charge in [-0.25, -0.2) is 0 Å². The average molecular weight is 387 g/mol. The number of halogens is 2. The molecule has 0 radical (unpaired) electrons. The lowest BCUT2D eigenvalue weighted by Crippen LogP contribution is -2.16. The number of ether oxygens (including phenoxy) is 1. The van der Waals surface area contributed by atoms with E-state index in [-0.39, 0.29) is 12.5 Å². The van der Waals surface area contributed by atoms with Gasteiger partial charge in [-0.05, 0) is 36.8 Å². The fraction of sp³-hybridized carbons (Fsp3) is 0.100. The predicted molar refractivity (Wildman–Crippen MR) is 104 cm³/mol. The lowest BCUT2D eigenvalue weighted by Gasteiger charge is -2.13. The van der Waals surface area contributed by atoms with Crippen LogP contribution in [0.15, 0.2) is 60.9 Å². The van der Waals surface area contributed by atoms with Crippen molar-refractivity contribution in [3.05, 3.63) is 87.7 Å². The first-order chi connectivity index (χ1) is 12.5. The van der Waals surface area contributed by atoms with Crippen LogP contribution < -0.4 is 10.1 Å². The zero-order valence-corrected chi connectivity index (χ0v) is 15.5. The SMILES string of the molecule is Cc1ccccc1NC(=O)c1cnccc1COc1cc(Cl)ccc1Cl. The summed E-state index contributed by atoms with van der Waals surface area (Å²) in [6.07, 6.45) is 3.13. The third-order valence-corrected chi connectivity index (χ3v) is 4.37. The van der Waals surface area contributed by atoms with Crippen LogP contribution >= 0.6 is 23.2 Å². The Morgan fingerprint density at radius 3 is 2.77 bits per heavy atom. The number of anilines is 1. The molecule has 3 aromatic rings. The minimum absolute atomic E-state index is 0.166. The van der Waals surface area contributed by atoms with Crippen LogP contribution in [0, 0.1) is 6.92 Å². The molecule has 1 heterocycles. The smallest absolute Gasteiger partial charge is 0.257 e. The molecule has 1 aromatic heterocycles. The third-order valence-electron chi connectivity index (χ3n) is 3.83. The number of amides is 1. The van der Waals surface area contributed by atoms with E-state index in [1.807, 2.05) is 31.2 Å². The molecule has 0 saturated heterocycles. The highest BCUT2D eigenvalue weighted by Gasteiger charge is 2.14. The average Bonchev–Trinajstić information content (AvgIpc) is 2.64. The van der Waals surface area contributed by atoms with Crippen LogP contribution in [0.5, 0.6) is 5.75 Å². The Kier molecular flexibility index (Phi) is 5.76. The monoisotopic (exact) mass is 386 g/mol. The highest BCUT2D eigenvalue weighted by Crippen LogP contribution is 2.28. The van der Waals surface area contributed by atoms with Crippen LogP contribution in [0.2, 0.25) is 10.0 Å². The molecule has 3 rings (SSSR count). The van der Waals surface area contributed by atoms with Gasteiger partial charge in [0.25, 0.3) is 5.91 Å². The summed E-state index contributed by atoms with van der Waals surface area (Å²) >= 11 is 12.1. The van der Waals surface area contributed by atoms with Gasteiger partial charge in [0.15, 0.2) is 0 Å². The van der Waals surface area contributed by atoms with E-state index in [9.17, 15) is 4.79 Å². The Morgan fingerprint density at radius 1 is 1.15 bits per heavy atom. The number of benzene rings is 2. The molecular weight excluding hydrogens is 371 g/mol. The van der Waals surface area contributed by atoms with Crippen LogP contribution in [0.1, 0.15) is 21.5 Å². The number of carbonyl (C=O) groups is 1. The highest BCUT2D eigenvalue weighted by atomic mass is 35.5. The Bertz CT molecular complexity index is 945. The molecule has 0 aliphatic rings. The number of aryl methyl sites for hydroxylation is 1. The molecule has 1 N–H and O–H groups in total. The van der Waals surface area contributed by atoms with Crippen molar-refractivity contribution in [1.29, 1.82) is 0 Å². The zero-order valence-electron chi connectivity index (χ0n) is 14.0. The Hall–Kier alpha value is -2.56. The number of hydrogen-bond donors (Lipinski definition) is 1. The van der Waals surface area contributed by atoms with E-state index in [1.54, 1.807) is 30.5 Å².